The number of imidazole rings is 1. The molecule has 1 amide bonds. The number of rotatable bonds is 8. The van der Waals surface area contributed by atoms with Crippen molar-refractivity contribution in [2.24, 2.45) is 0 Å². The molecule has 6 rings (SSSR count). The van der Waals surface area contributed by atoms with Crippen LogP contribution in [0.5, 0.6) is 5.75 Å². The number of benzene rings is 1. The number of carbonyl (C=O) groups is 1. The van der Waals surface area contributed by atoms with E-state index in [0.29, 0.717) is 18.2 Å². The van der Waals surface area contributed by atoms with Gasteiger partial charge in [0.25, 0.3) is 5.91 Å². The molecule has 0 unspecified atom stereocenters. The molecule has 11 nitrogen and oxygen atoms in total. The van der Waals surface area contributed by atoms with Gasteiger partial charge in [0.1, 0.15) is 5.65 Å². The molecule has 1 saturated carbocycles. The summed E-state index contributed by atoms with van der Waals surface area (Å²) in [4.78, 5) is 17.4. The molecule has 37 heavy (non-hydrogen) atoms. The van der Waals surface area contributed by atoms with Gasteiger partial charge in [-0.25, -0.2) is 18.7 Å². The molecule has 13 heteroatoms. The van der Waals surface area contributed by atoms with Crippen LogP contribution in [0.15, 0.2) is 49.1 Å². The standard InChI is InChI=1S/C24H21ClFN9O2/c1-37-20-6-5-19(35-13-21(25)30-32-35)17(23(20)26)8-27-24(36)18-12-34(31-29-18)11-16-10-33-9-15(14-2-3-14)4-7-22(33)28-16/h4-7,9-10,12-14H,2-3,8,11H2,1H3,(H,27,36). The zero-order chi connectivity index (χ0) is 25.5. The second-order valence-corrected chi connectivity index (χ2v) is 9.17. The van der Waals surface area contributed by atoms with Crippen LogP contribution in [0.4, 0.5) is 4.39 Å². The maximum absolute atomic E-state index is 15.1. The Morgan fingerprint density at radius 1 is 1.14 bits per heavy atom. The number of methoxy groups -OCH3 is 1. The molecule has 0 radical (unpaired) electrons. The van der Waals surface area contributed by atoms with Gasteiger partial charge in [0.05, 0.1) is 37.4 Å². The van der Waals surface area contributed by atoms with Crippen LogP contribution >= 0.6 is 11.6 Å². The van der Waals surface area contributed by atoms with E-state index in [1.165, 1.54) is 53.3 Å². The zero-order valence-corrected chi connectivity index (χ0v) is 20.4. The first-order valence-corrected chi connectivity index (χ1v) is 12.0. The number of nitrogens with zero attached hydrogens (tertiary/aromatic N) is 8. The van der Waals surface area contributed by atoms with E-state index in [4.69, 9.17) is 16.3 Å². The van der Waals surface area contributed by atoms with Gasteiger partial charge in [-0.1, -0.05) is 28.1 Å². The summed E-state index contributed by atoms with van der Waals surface area (Å²) in [6.45, 7) is 0.194. The highest BCUT2D eigenvalue weighted by Crippen LogP contribution is 2.39. The molecule has 188 valence electrons. The summed E-state index contributed by atoms with van der Waals surface area (Å²) in [5, 5.41) is 18.5. The SMILES string of the molecule is COc1ccc(-n2cc(Cl)nn2)c(CNC(=O)c2cn(Cc3cn4cc(C5CC5)ccc4n3)nn2)c1F. The summed E-state index contributed by atoms with van der Waals surface area (Å²) in [5.41, 5.74) is 3.56. The second-order valence-electron chi connectivity index (χ2n) is 8.78. The Hall–Kier alpha value is -4.32. The van der Waals surface area contributed by atoms with Crippen LogP contribution in [0.1, 0.15) is 46.1 Å². The van der Waals surface area contributed by atoms with Crippen molar-refractivity contribution in [3.63, 3.8) is 0 Å². The number of carbonyl (C=O) groups excluding carboxylic acids is 1. The lowest BCUT2D eigenvalue weighted by Crippen LogP contribution is -2.25. The molecule has 5 aromatic rings. The van der Waals surface area contributed by atoms with Crippen molar-refractivity contribution in [1.29, 1.82) is 0 Å². The van der Waals surface area contributed by atoms with Crippen LogP contribution in [0.2, 0.25) is 5.15 Å². The molecule has 0 atom stereocenters. The molecule has 0 spiro atoms. The third-order valence-electron chi connectivity index (χ3n) is 6.21. The van der Waals surface area contributed by atoms with Crippen molar-refractivity contribution in [2.45, 2.75) is 31.8 Å². The Kier molecular flexibility index (Phi) is 5.80. The number of nitrogens with one attached hydrogen (secondary N) is 1. The van der Waals surface area contributed by atoms with Gasteiger partial charge in [0, 0.05) is 24.5 Å². The van der Waals surface area contributed by atoms with Crippen molar-refractivity contribution >= 4 is 23.2 Å². The largest absolute Gasteiger partial charge is 0.494 e. The average molecular weight is 522 g/mol. The number of hydrogen-bond donors (Lipinski definition) is 1. The summed E-state index contributed by atoms with van der Waals surface area (Å²) in [7, 11) is 1.36. The van der Waals surface area contributed by atoms with Gasteiger partial charge < -0.3 is 14.5 Å². The number of pyridine rings is 1. The maximum atomic E-state index is 15.1. The van der Waals surface area contributed by atoms with Gasteiger partial charge in [0.2, 0.25) is 0 Å². The first-order valence-electron chi connectivity index (χ1n) is 11.6. The van der Waals surface area contributed by atoms with E-state index < -0.39 is 11.7 Å². The van der Waals surface area contributed by atoms with Gasteiger partial charge >= 0.3 is 0 Å². The van der Waals surface area contributed by atoms with Crippen LogP contribution in [-0.2, 0) is 13.1 Å². The summed E-state index contributed by atoms with van der Waals surface area (Å²) in [5.74, 6) is -0.462. The van der Waals surface area contributed by atoms with Crippen LogP contribution in [0.25, 0.3) is 11.3 Å². The van der Waals surface area contributed by atoms with E-state index >= 15 is 4.39 Å². The van der Waals surface area contributed by atoms with E-state index in [-0.39, 0.29) is 28.7 Å². The summed E-state index contributed by atoms with van der Waals surface area (Å²) < 4.78 is 25.0. The van der Waals surface area contributed by atoms with Crippen LogP contribution < -0.4 is 10.1 Å². The molecule has 1 fully saturated rings. The van der Waals surface area contributed by atoms with Gasteiger partial charge in [-0.15, -0.1) is 10.2 Å². The van der Waals surface area contributed by atoms with Crippen molar-refractivity contribution in [1.82, 2.24) is 44.7 Å². The van der Waals surface area contributed by atoms with E-state index in [0.717, 1.165) is 11.3 Å². The lowest BCUT2D eigenvalue weighted by molar-refractivity contribution is 0.0945. The molecule has 4 aromatic heterocycles. The molecule has 1 aliphatic rings. The van der Waals surface area contributed by atoms with Gasteiger partial charge in [-0.05, 0) is 42.5 Å². The number of amides is 1. The van der Waals surface area contributed by atoms with Gasteiger partial charge in [-0.3, -0.25) is 4.79 Å². The summed E-state index contributed by atoms with van der Waals surface area (Å²) in [6.07, 6.45) is 9.49. The highest BCUT2D eigenvalue weighted by Gasteiger charge is 2.24. The maximum Gasteiger partial charge on any atom is 0.273 e. The molecular weight excluding hydrogens is 501 g/mol. The number of aromatic nitrogens is 8. The smallest absolute Gasteiger partial charge is 0.273 e. The fraction of sp³-hybridized carbons (Fsp3) is 0.250. The second kappa shape index (κ2) is 9.28. The minimum atomic E-state index is -0.632. The molecule has 0 bridgehead atoms. The Morgan fingerprint density at radius 2 is 2.00 bits per heavy atom. The zero-order valence-electron chi connectivity index (χ0n) is 19.7. The lowest BCUT2D eigenvalue weighted by Gasteiger charge is -2.13. The number of hydrogen-bond acceptors (Lipinski definition) is 7. The Labute approximate surface area is 214 Å². The van der Waals surface area contributed by atoms with Crippen LogP contribution in [-0.4, -0.2) is 52.4 Å². The lowest BCUT2D eigenvalue weighted by atomic mass is 10.1. The molecule has 1 N–H and O–H groups in total. The summed E-state index contributed by atoms with van der Waals surface area (Å²) >= 11 is 5.87. The monoisotopic (exact) mass is 521 g/mol. The molecule has 0 saturated heterocycles. The van der Waals surface area contributed by atoms with E-state index in [1.807, 2.05) is 16.7 Å². The van der Waals surface area contributed by atoms with Crippen molar-refractivity contribution in [3.8, 4) is 11.4 Å². The average Bonchev–Trinajstić information content (AvgIpc) is 3.28. The van der Waals surface area contributed by atoms with Crippen molar-refractivity contribution in [3.05, 3.63) is 82.5 Å². The number of ether oxygens (including phenoxy) is 1. The van der Waals surface area contributed by atoms with E-state index in [1.54, 1.807) is 6.07 Å². The number of fused-ring (bicyclic) bond motifs is 1. The predicted octanol–water partition coefficient (Wildman–Crippen LogP) is 3.16. The third kappa shape index (κ3) is 4.62. The van der Waals surface area contributed by atoms with E-state index in [9.17, 15) is 4.79 Å². The fourth-order valence-electron chi connectivity index (χ4n) is 4.19. The first-order chi connectivity index (χ1) is 18.0. The van der Waals surface area contributed by atoms with Crippen molar-refractivity contribution in [2.75, 3.05) is 7.11 Å². The number of halogens is 2. The highest BCUT2D eigenvalue weighted by molar-refractivity contribution is 6.29. The molecule has 4 heterocycles. The Bertz CT molecular complexity index is 1620. The van der Waals surface area contributed by atoms with Crippen molar-refractivity contribution < 1.29 is 13.9 Å². The normalized spacial score (nSPS) is 13.3. The molecular formula is C24H21ClFN9O2. The summed E-state index contributed by atoms with van der Waals surface area (Å²) in [6, 6.07) is 7.20. The van der Waals surface area contributed by atoms with Crippen LogP contribution in [0, 0.1) is 5.82 Å². The first kappa shape index (κ1) is 23.1. The van der Waals surface area contributed by atoms with E-state index in [2.05, 4.69) is 43.2 Å². The highest BCUT2D eigenvalue weighted by atomic mass is 35.5. The quantitative estimate of drug-likeness (QED) is 0.333. The topological polar surface area (TPSA) is 117 Å². The van der Waals surface area contributed by atoms with Gasteiger partial charge in [0.15, 0.2) is 22.4 Å². The van der Waals surface area contributed by atoms with Gasteiger partial charge in [-0.2, -0.15) is 0 Å². The minimum Gasteiger partial charge on any atom is -0.494 e. The Morgan fingerprint density at radius 3 is 2.76 bits per heavy atom. The third-order valence-corrected chi connectivity index (χ3v) is 6.38. The minimum absolute atomic E-state index is 0.0295. The fourth-order valence-corrected chi connectivity index (χ4v) is 4.32. The molecule has 1 aromatic carbocycles. The predicted molar refractivity (Wildman–Crippen MR) is 130 cm³/mol. The molecule has 1 aliphatic carbocycles. The Balaban J connectivity index is 1.17. The van der Waals surface area contributed by atoms with Crippen LogP contribution in [0.3, 0.4) is 0 Å². The molecule has 0 aliphatic heterocycles.